The van der Waals surface area contributed by atoms with Gasteiger partial charge in [-0.2, -0.15) is 13.4 Å². The van der Waals surface area contributed by atoms with E-state index in [0.717, 1.165) is 43.3 Å². The number of aromatic nitrogens is 4. The van der Waals surface area contributed by atoms with Gasteiger partial charge in [0.25, 0.3) is 10.0 Å². The average Bonchev–Trinajstić information content (AvgIpc) is 3.09. The van der Waals surface area contributed by atoms with Gasteiger partial charge in [0, 0.05) is 49.5 Å². The molecule has 1 aromatic carbocycles. The number of piperidine rings is 1. The second-order valence-electron chi connectivity index (χ2n) is 7.79. The summed E-state index contributed by atoms with van der Waals surface area (Å²) in [5.74, 6) is 2.09. The van der Waals surface area contributed by atoms with Crippen LogP contribution in [0.1, 0.15) is 30.8 Å². The second kappa shape index (κ2) is 8.54. The Morgan fingerprint density at radius 1 is 0.935 bits per heavy atom. The molecule has 0 unspecified atom stereocenters. The molecule has 0 spiro atoms. The summed E-state index contributed by atoms with van der Waals surface area (Å²) in [6.07, 6.45) is 5.07. The minimum atomic E-state index is -3.74. The van der Waals surface area contributed by atoms with Crippen LogP contribution in [0.2, 0.25) is 0 Å². The average molecular weight is 442 g/mol. The summed E-state index contributed by atoms with van der Waals surface area (Å²) < 4.78 is 29.3. The van der Waals surface area contributed by atoms with Crippen LogP contribution >= 0.6 is 0 Å². The van der Waals surface area contributed by atoms with Crippen LogP contribution in [0.5, 0.6) is 0 Å². The zero-order valence-corrected chi connectivity index (χ0v) is 18.8. The minimum Gasteiger partial charge on any atom is -0.341 e. The third kappa shape index (κ3) is 4.96. The van der Waals surface area contributed by atoms with Gasteiger partial charge in [-0.25, -0.2) is 9.97 Å². The normalized spacial score (nSPS) is 14.5. The van der Waals surface area contributed by atoms with Crippen LogP contribution in [-0.4, -0.2) is 41.0 Å². The van der Waals surface area contributed by atoms with Crippen molar-refractivity contribution in [1.82, 2.24) is 19.5 Å². The number of imidazole rings is 1. The van der Waals surface area contributed by atoms with Crippen molar-refractivity contribution in [1.29, 1.82) is 0 Å². The highest BCUT2D eigenvalue weighted by molar-refractivity contribution is 7.92. The molecule has 0 radical (unpaired) electrons. The van der Waals surface area contributed by atoms with Crippen LogP contribution < -0.4 is 14.9 Å². The molecule has 10 heteroatoms. The van der Waals surface area contributed by atoms with Crippen molar-refractivity contribution in [3.8, 4) is 0 Å². The van der Waals surface area contributed by atoms with Crippen molar-refractivity contribution < 1.29 is 8.42 Å². The lowest BCUT2D eigenvalue weighted by molar-refractivity contribution is 0.568. The number of nitrogens with one attached hydrogen (secondary N) is 2. The van der Waals surface area contributed by atoms with Gasteiger partial charge in [0.1, 0.15) is 11.6 Å². The summed E-state index contributed by atoms with van der Waals surface area (Å²) in [5.41, 5.74) is 2.16. The first-order valence-electron chi connectivity index (χ1n) is 10.3. The van der Waals surface area contributed by atoms with Gasteiger partial charge in [-0.15, -0.1) is 0 Å². The SMILES string of the molecule is Cc1cc(Nc2ccc(NS(=O)(=O)c3cn(C)c(C)n3)cc2)nc(N2CCCCC2)n1. The van der Waals surface area contributed by atoms with Gasteiger partial charge >= 0.3 is 0 Å². The summed E-state index contributed by atoms with van der Waals surface area (Å²) in [7, 11) is -1.98. The molecule has 3 heterocycles. The molecule has 1 aliphatic rings. The van der Waals surface area contributed by atoms with Gasteiger partial charge in [0.15, 0.2) is 5.03 Å². The lowest BCUT2D eigenvalue weighted by atomic mass is 10.1. The van der Waals surface area contributed by atoms with E-state index in [0.29, 0.717) is 17.3 Å². The van der Waals surface area contributed by atoms with E-state index in [1.54, 1.807) is 42.8 Å². The summed E-state index contributed by atoms with van der Waals surface area (Å²) in [6.45, 7) is 5.67. The third-order valence-corrected chi connectivity index (χ3v) is 6.50. The standard InChI is InChI=1S/C21H27N7O2S/c1-15-13-19(25-21(22-15)28-11-5-4-6-12-28)24-17-7-9-18(10-8-17)26-31(29,30)20-14-27(3)16(2)23-20/h7-10,13-14,26H,4-6,11-12H2,1-3H3,(H,22,24,25). The monoisotopic (exact) mass is 441 g/mol. The van der Waals surface area contributed by atoms with Gasteiger partial charge in [-0.05, 0) is 57.4 Å². The fourth-order valence-electron chi connectivity index (χ4n) is 3.48. The number of rotatable bonds is 6. The molecule has 4 rings (SSSR count). The molecule has 0 amide bonds. The van der Waals surface area contributed by atoms with Crippen LogP contribution in [0.15, 0.2) is 41.6 Å². The van der Waals surface area contributed by atoms with Crippen LogP contribution in [-0.2, 0) is 17.1 Å². The Morgan fingerprint density at radius 3 is 2.26 bits per heavy atom. The van der Waals surface area contributed by atoms with Gasteiger partial charge in [-0.1, -0.05) is 0 Å². The van der Waals surface area contributed by atoms with E-state index in [4.69, 9.17) is 0 Å². The zero-order chi connectivity index (χ0) is 22.0. The number of aryl methyl sites for hydroxylation is 3. The van der Waals surface area contributed by atoms with Gasteiger partial charge < -0.3 is 14.8 Å². The van der Waals surface area contributed by atoms with Crippen molar-refractivity contribution in [2.24, 2.45) is 7.05 Å². The minimum absolute atomic E-state index is 0.00333. The van der Waals surface area contributed by atoms with Gasteiger partial charge in [-0.3, -0.25) is 4.72 Å². The highest BCUT2D eigenvalue weighted by Crippen LogP contribution is 2.23. The number of hydrogen-bond donors (Lipinski definition) is 2. The molecule has 0 bridgehead atoms. The quantitative estimate of drug-likeness (QED) is 0.604. The summed E-state index contributed by atoms with van der Waals surface area (Å²) in [5, 5.41) is 3.28. The summed E-state index contributed by atoms with van der Waals surface area (Å²) in [6, 6.07) is 8.91. The Balaban J connectivity index is 1.47. The number of nitrogens with zero attached hydrogens (tertiary/aromatic N) is 5. The number of benzene rings is 1. The van der Waals surface area contributed by atoms with Crippen molar-refractivity contribution in [2.45, 2.75) is 38.1 Å². The molecule has 2 aromatic heterocycles. The van der Waals surface area contributed by atoms with Crippen molar-refractivity contribution in [2.75, 3.05) is 28.0 Å². The van der Waals surface area contributed by atoms with E-state index >= 15 is 0 Å². The first kappa shape index (κ1) is 21.1. The van der Waals surface area contributed by atoms with Crippen LogP contribution in [0.25, 0.3) is 0 Å². The first-order valence-corrected chi connectivity index (χ1v) is 11.8. The molecule has 3 aromatic rings. The smallest absolute Gasteiger partial charge is 0.280 e. The Morgan fingerprint density at radius 2 is 1.61 bits per heavy atom. The third-order valence-electron chi connectivity index (χ3n) is 5.25. The Labute approximate surface area is 182 Å². The van der Waals surface area contributed by atoms with Crippen LogP contribution in [0, 0.1) is 13.8 Å². The first-order chi connectivity index (χ1) is 14.8. The molecular weight excluding hydrogens is 414 g/mol. The molecule has 1 fully saturated rings. The van der Waals surface area contributed by atoms with Crippen LogP contribution in [0.4, 0.5) is 23.1 Å². The fourth-order valence-corrected chi connectivity index (χ4v) is 4.59. The number of sulfonamides is 1. The summed E-state index contributed by atoms with van der Waals surface area (Å²) in [4.78, 5) is 15.6. The lowest BCUT2D eigenvalue weighted by Gasteiger charge is -2.27. The highest BCUT2D eigenvalue weighted by atomic mass is 32.2. The van der Waals surface area contributed by atoms with E-state index in [9.17, 15) is 8.42 Å². The molecule has 9 nitrogen and oxygen atoms in total. The zero-order valence-electron chi connectivity index (χ0n) is 18.0. The topological polar surface area (TPSA) is 105 Å². The predicted octanol–water partition coefficient (Wildman–Crippen LogP) is 3.36. The van der Waals surface area contributed by atoms with Crippen LogP contribution in [0.3, 0.4) is 0 Å². The second-order valence-corrected chi connectivity index (χ2v) is 9.42. The van der Waals surface area contributed by atoms with Crippen molar-refractivity contribution in [3.05, 3.63) is 48.0 Å². The Kier molecular flexibility index (Phi) is 5.81. The number of hydrogen-bond acceptors (Lipinski definition) is 7. The van der Waals surface area contributed by atoms with Crippen molar-refractivity contribution in [3.63, 3.8) is 0 Å². The van der Waals surface area contributed by atoms with Gasteiger partial charge in [0.05, 0.1) is 0 Å². The maximum absolute atomic E-state index is 12.5. The molecule has 1 aliphatic heterocycles. The number of anilines is 4. The molecule has 2 N–H and O–H groups in total. The van der Waals surface area contributed by atoms with Gasteiger partial charge in [0.2, 0.25) is 5.95 Å². The molecule has 164 valence electrons. The largest absolute Gasteiger partial charge is 0.341 e. The predicted molar refractivity (Wildman–Crippen MR) is 121 cm³/mol. The van der Waals surface area contributed by atoms with E-state index in [-0.39, 0.29) is 5.03 Å². The molecule has 0 atom stereocenters. The lowest BCUT2D eigenvalue weighted by Crippen LogP contribution is -2.31. The maximum Gasteiger partial charge on any atom is 0.280 e. The molecule has 0 aliphatic carbocycles. The Bertz CT molecular complexity index is 1150. The van der Waals surface area contributed by atoms with E-state index in [2.05, 4.69) is 29.9 Å². The fraction of sp³-hybridized carbons (Fsp3) is 0.381. The van der Waals surface area contributed by atoms with Crippen molar-refractivity contribution >= 4 is 33.2 Å². The molecule has 1 saturated heterocycles. The van der Waals surface area contributed by atoms with E-state index in [1.807, 2.05) is 13.0 Å². The maximum atomic E-state index is 12.5. The highest BCUT2D eigenvalue weighted by Gasteiger charge is 2.19. The van der Waals surface area contributed by atoms with E-state index in [1.165, 1.54) is 12.6 Å². The van der Waals surface area contributed by atoms with E-state index < -0.39 is 10.0 Å². The Hall–Kier alpha value is -3.14. The molecule has 31 heavy (non-hydrogen) atoms. The molecule has 0 saturated carbocycles. The summed E-state index contributed by atoms with van der Waals surface area (Å²) >= 11 is 0. The molecular formula is C21H27N7O2S.